The second-order valence-electron chi connectivity index (χ2n) is 1.74. The molecule has 10 heavy (non-hydrogen) atoms. The molecule has 0 fully saturated rings. The molecule has 3 N–H and O–H groups in total. The van der Waals surface area contributed by atoms with E-state index in [4.69, 9.17) is 5.11 Å². The molecule has 3 nitrogen and oxygen atoms in total. The zero-order valence-electron chi connectivity index (χ0n) is 6.34. The average molecular weight is 165 g/mol. The molecule has 0 amide bonds. The Labute approximate surface area is 64.2 Å². The van der Waals surface area contributed by atoms with Gasteiger partial charge in [0.2, 0.25) is 0 Å². The van der Waals surface area contributed by atoms with Gasteiger partial charge in [-0.2, -0.15) is 0 Å². The van der Waals surface area contributed by atoms with Gasteiger partial charge in [0.25, 0.3) is 0 Å². The Hall–Kier alpha value is -0.140. The van der Waals surface area contributed by atoms with Gasteiger partial charge in [0, 0.05) is 0 Å². The molecule has 1 atom stereocenters. The maximum absolute atomic E-state index is 9.24. The summed E-state index contributed by atoms with van der Waals surface area (Å²) in [5, 5.41) is 7.60. The van der Waals surface area contributed by atoms with Gasteiger partial charge in [0.05, 0.1) is 6.54 Å². The monoisotopic (exact) mass is 165 g/mol. The van der Waals surface area contributed by atoms with E-state index in [1.54, 1.807) is 0 Å². The first-order valence-corrected chi connectivity index (χ1v) is 4.12. The topological polar surface area (TPSA) is 63.3 Å². The fourth-order valence-electron chi connectivity index (χ4n) is 0.204. The molecule has 0 rings (SSSR count). The quantitative estimate of drug-likeness (QED) is 0.605. The third-order valence-electron chi connectivity index (χ3n) is 0.732. The Morgan fingerprint density at radius 1 is 1.70 bits per heavy atom. The van der Waals surface area contributed by atoms with Crippen LogP contribution in [0.1, 0.15) is 19.8 Å². The van der Waals surface area contributed by atoms with Crippen molar-refractivity contribution in [3.05, 3.63) is 0 Å². The Bertz CT molecular complexity index is 76.1. The van der Waals surface area contributed by atoms with E-state index in [1.165, 1.54) is 19.0 Å². The molecule has 0 saturated heterocycles. The Balaban J connectivity index is 0. The first-order valence-electron chi connectivity index (χ1n) is 3.30. The van der Waals surface area contributed by atoms with Gasteiger partial charge >= 0.3 is 5.97 Å². The molecular formula is C6H16NO2P. The van der Waals surface area contributed by atoms with Gasteiger partial charge in [0.1, 0.15) is 0 Å². The van der Waals surface area contributed by atoms with Crippen molar-refractivity contribution in [2.24, 2.45) is 5.73 Å². The zero-order chi connectivity index (χ0) is 8.41. The highest BCUT2D eigenvalue weighted by Gasteiger charge is 1.81. The summed E-state index contributed by atoms with van der Waals surface area (Å²) in [5.41, 5.74) is 4.57. The standard InChI is InChI=1S/C4H11P.C2H5NO2/c1-2-3-4-5;3-1-2(4)5/h2-5H2,1H3;1,3H2,(H,4,5). The van der Waals surface area contributed by atoms with E-state index >= 15 is 0 Å². The molecule has 0 spiro atoms. The number of carbonyl (C=O) groups is 1. The van der Waals surface area contributed by atoms with Crippen molar-refractivity contribution in [2.45, 2.75) is 19.8 Å². The summed E-state index contributed by atoms with van der Waals surface area (Å²) in [6.45, 7) is 1.92. The highest BCUT2D eigenvalue weighted by molar-refractivity contribution is 7.16. The number of hydrogen-bond donors (Lipinski definition) is 2. The molecule has 0 heterocycles. The van der Waals surface area contributed by atoms with Gasteiger partial charge in [-0.25, -0.2) is 0 Å². The number of rotatable bonds is 3. The van der Waals surface area contributed by atoms with Gasteiger partial charge in [-0.15, -0.1) is 9.24 Å². The van der Waals surface area contributed by atoms with Crippen LogP contribution in [-0.4, -0.2) is 23.8 Å². The number of nitrogens with two attached hydrogens (primary N) is 1. The van der Waals surface area contributed by atoms with Crippen LogP contribution in [0.3, 0.4) is 0 Å². The first-order chi connectivity index (χ1) is 4.68. The van der Waals surface area contributed by atoms with Crippen LogP contribution in [0, 0.1) is 0 Å². The lowest BCUT2D eigenvalue weighted by atomic mass is 10.4. The lowest BCUT2D eigenvalue weighted by Gasteiger charge is -1.79. The fraction of sp³-hybridized carbons (Fsp3) is 0.833. The number of carboxylic acid groups (broad SMARTS) is 1. The summed E-state index contributed by atoms with van der Waals surface area (Å²) >= 11 is 0. The SMILES string of the molecule is CCCCP.NCC(=O)O. The highest BCUT2D eigenvalue weighted by Crippen LogP contribution is 1.89. The molecule has 0 bridgehead atoms. The van der Waals surface area contributed by atoms with Crippen molar-refractivity contribution in [3.63, 3.8) is 0 Å². The maximum atomic E-state index is 9.24. The van der Waals surface area contributed by atoms with E-state index in [1.807, 2.05) is 0 Å². The predicted octanol–water partition coefficient (Wildman–Crippen LogP) is 0.691. The van der Waals surface area contributed by atoms with Gasteiger partial charge in [0.15, 0.2) is 0 Å². The molecule has 0 radical (unpaired) electrons. The molecule has 4 heteroatoms. The summed E-state index contributed by atoms with van der Waals surface area (Å²) in [6.07, 6.45) is 3.94. The molecule has 0 aromatic rings. The van der Waals surface area contributed by atoms with Crippen LogP contribution in [0.2, 0.25) is 0 Å². The fourth-order valence-corrected chi connectivity index (χ4v) is 0.612. The van der Waals surface area contributed by atoms with Crippen LogP contribution < -0.4 is 5.73 Å². The summed E-state index contributed by atoms with van der Waals surface area (Å²) in [6, 6.07) is 0. The number of aliphatic carboxylic acids is 1. The number of unbranched alkanes of at least 4 members (excludes halogenated alkanes) is 1. The second kappa shape index (κ2) is 11.6. The summed E-state index contributed by atoms with van der Waals surface area (Å²) in [5.74, 6) is -0.968. The average Bonchev–Trinajstić information content (AvgIpc) is 1.91. The molecule has 1 unspecified atom stereocenters. The normalized spacial score (nSPS) is 7.90. The van der Waals surface area contributed by atoms with E-state index in [9.17, 15) is 4.79 Å². The Morgan fingerprint density at radius 2 is 2.10 bits per heavy atom. The van der Waals surface area contributed by atoms with E-state index in [0.717, 1.165) is 0 Å². The van der Waals surface area contributed by atoms with Crippen molar-refractivity contribution >= 4 is 15.2 Å². The van der Waals surface area contributed by atoms with Crippen molar-refractivity contribution < 1.29 is 9.90 Å². The van der Waals surface area contributed by atoms with Gasteiger partial charge in [-0.05, 0) is 6.16 Å². The number of carboxylic acids is 1. The smallest absolute Gasteiger partial charge is 0.317 e. The van der Waals surface area contributed by atoms with E-state index in [0.29, 0.717) is 0 Å². The van der Waals surface area contributed by atoms with Crippen LogP contribution in [0.25, 0.3) is 0 Å². The van der Waals surface area contributed by atoms with Crippen LogP contribution in [0.5, 0.6) is 0 Å². The highest BCUT2D eigenvalue weighted by atomic mass is 31.0. The minimum absolute atomic E-state index is 0.278. The largest absolute Gasteiger partial charge is 0.480 e. The molecule has 0 aliphatic rings. The van der Waals surface area contributed by atoms with Crippen LogP contribution >= 0.6 is 9.24 Å². The van der Waals surface area contributed by atoms with E-state index < -0.39 is 5.97 Å². The predicted molar refractivity (Wildman–Crippen MR) is 46.2 cm³/mol. The van der Waals surface area contributed by atoms with Crippen molar-refractivity contribution in [1.82, 2.24) is 0 Å². The van der Waals surface area contributed by atoms with Gasteiger partial charge in [-0.3, -0.25) is 4.79 Å². The van der Waals surface area contributed by atoms with Crippen LogP contribution in [-0.2, 0) is 4.79 Å². The lowest BCUT2D eigenvalue weighted by molar-refractivity contribution is -0.135. The zero-order valence-corrected chi connectivity index (χ0v) is 7.49. The molecule has 0 saturated carbocycles. The third kappa shape index (κ3) is 24.8. The lowest BCUT2D eigenvalue weighted by Crippen LogP contribution is -2.10. The third-order valence-corrected chi connectivity index (χ3v) is 1.14. The maximum Gasteiger partial charge on any atom is 0.317 e. The van der Waals surface area contributed by atoms with Crippen molar-refractivity contribution in [1.29, 1.82) is 0 Å². The second-order valence-corrected chi connectivity index (χ2v) is 2.32. The van der Waals surface area contributed by atoms with Crippen molar-refractivity contribution in [3.8, 4) is 0 Å². The minimum Gasteiger partial charge on any atom is -0.480 e. The molecule has 0 aliphatic heterocycles. The minimum atomic E-state index is -0.968. The van der Waals surface area contributed by atoms with Gasteiger partial charge in [-0.1, -0.05) is 19.8 Å². The molecule has 62 valence electrons. The van der Waals surface area contributed by atoms with Crippen LogP contribution in [0.4, 0.5) is 0 Å². The molecular weight excluding hydrogens is 149 g/mol. The summed E-state index contributed by atoms with van der Waals surface area (Å²) in [7, 11) is 2.70. The molecule has 0 aromatic heterocycles. The van der Waals surface area contributed by atoms with Crippen LogP contribution in [0.15, 0.2) is 0 Å². The van der Waals surface area contributed by atoms with Gasteiger partial charge < -0.3 is 10.8 Å². The summed E-state index contributed by atoms with van der Waals surface area (Å²) in [4.78, 5) is 9.24. The summed E-state index contributed by atoms with van der Waals surface area (Å²) < 4.78 is 0. The van der Waals surface area contributed by atoms with E-state index in [-0.39, 0.29) is 6.54 Å². The molecule has 0 aliphatic carbocycles. The molecule has 0 aromatic carbocycles. The first kappa shape index (κ1) is 12.5. The Morgan fingerprint density at radius 3 is 2.10 bits per heavy atom. The number of hydrogen-bond acceptors (Lipinski definition) is 2. The Kier molecular flexibility index (Phi) is 14.6. The van der Waals surface area contributed by atoms with E-state index in [2.05, 4.69) is 21.9 Å². The van der Waals surface area contributed by atoms with Crippen molar-refractivity contribution in [2.75, 3.05) is 12.7 Å².